The fourth-order valence-electron chi connectivity index (χ4n) is 2.90. The van der Waals surface area contributed by atoms with Crippen molar-refractivity contribution in [1.29, 1.82) is 0 Å². The summed E-state index contributed by atoms with van der Waals surface area (Å²) < 4.78 is 0.524. The highest BCUT2D eigenvalue weighted by molar-refractivity contribution is 9.10. The Morgan fingerprint density at radius 2 is 2.12 bits per heavy atom. The van der Waals surface area contributed by atoms with E-state index in [4.69, 9.17) is 0 Å². The van der Waals surface area contributed by atoms with Crippen LogP contribution in [0.1, 0.15) is 28.8 Å². The van der Waals surface area contributed by atoms with E-state index in [9.17, 15) is 9.90 Å². The molecule has 1 aromatic carbocycles. The highest BCUT2D eigenvalue weighted by Gasteiger charge is 2.24. The predicted molar refractivity (Wildman–Crippen MR) is 95.3 cm³/mol. The Labute approximate surface area is 149 Å². The second-order valence-corrected chi connectivity index (χ2v) is 6.80. The van der Waals surface area contributed by atoms with E-state index >= 15 is 0 Å². The van der Waals surface area contributed by atoms with Gasteiger partial charge < -0.3 is 15.3 Å². The molecule has 2 heterocycles. The van der Waals surface area contributed by atoms with Crippen molar-refractivity contribution < 1.29 is 9.90 Å². The number of anilines is 1. The summed E-state index contributed by atoms with van der Waals surface area (Å²) >= 11 is 3.28. The number of halogens is 1. The fourth-order valence-corrected chi connectivity index (χ4v) is 3.48. The molecule has 0 radical (unpaired) electrons. The van der Waals surface area contributed by atoms with E-state index in [0.29, 0.717) is 17.0 Å². The van der Waals surface area contributed by atoms with Crippen molar-refractivity contribution in [2.24, 2.45) is 0 Å². The van der Waals surface area contributed by atoms with Crippen LogP contribution in [0.5, 0.6) is 5.75 Å². The smallest absolute Gasteiger partial charge is 0.255 e. The van der Waals surface area contributed by atoms with Crippen LogP contribution in [0.15, 0.2) is 35.1 Å². The molecule has 0 aliphatic carbocycles. The average Bonchev–Trinajstić information content (AvgIpc) is 2.59. The van der Waals surface area contributed by atoms with Crippen LogP contribution >= 0.6 is 15.9 Å². The summed E-state index contributed by atoms with van der Waals surface area (Å²) in [4.78, 5) is 23.1. The van der Waals surface area contributed by atoms with Gasteiger partial charge in [-0.1, -0.05) is 0 Å². The molecule has 3 rings (SSSR count). The van der Waals surface area contributed by atoms with Crippen molar-refractivity contribution in [2.75, 3.05) is 18.0 Å². The molecule has 1 aliphatic heterocycles. The molecule has 1 fully saturated rings. The molecule has 2 N–H and O–H groups in total. The zero-order valence-corrected chi connectivity index (χ0v) is 15.0. The molecule has 0 bridgehead atoms. The summed E-state index contributed by atoms with van der Waals surface area (Å²) in [5, 5.41) is 13.1. The van der Waals surface area contributed by atoms with Crippen molar-refractivity contribution in [1.82, 2.24) is 15.3 Å². The molecule has 1 atom stereocenters. The van der Waals surface area contributed by atoms with Crippen LogP contribution < -0.4 is 10.2 Å². The number of carbonyl (C=O) groups excluding carboxylic acids is 1. The number of hydrogen-bond acceptors (Lipinski definition) is 5. The largest absolute Gasteiger partial charge is 0.506 e. The lowest BCUT2D eigenvalue weighted by Crippen LogP contribution is -2.48. The summed E-state index contributed by atoms with van der Waals surface area (Å²) in [7, 11) is 0. The maximum absolute atomic E-state index is 12.5. The molecule has 7 heteroatoms. The maximum Gasteiger partial charge on any atom is 0.255 e. The Morgan fingerprint density at radius 1 is 1.38 bits per heavy atom. The van der Waals surface area contributed by atoms with E-state index in [2.05, 4.69) is 36.1 Å². The number of phenols is 1. The van der Waals surface area contributed by atoms with E-state index in [0.717, 1.165) is 24.9 Å². The Balaban J connectivity index is 1.71. The molecule has 6 nitrogen and oxygen atoms in total. The zero-order valence-electron chi connectivity index (χ0n) is 13.4. The van der Waals surface area contributed by atoms with E-state index < -0.39 is 0 Å². The zero-order chi connectivity index (χ0) is 17.1. The lowest BCUT2D eigenvalue weighted by Gasteiger charge is -2.33. The number of phenolic OH excluding ortho intramolecular Hbond substituents is 1. The number of aryl methyl sites for hydroxylation is 1. The molecule has 1 amide bonds. The topological polar surface area (TPSA) is 78.4 Å². The molecule has 126 valence electrons. The molecule has 24 heavy (non-hydrogen) atoms. The molecule has 1 aromatic heterocycles. The summed E-state index contributed by atoms with van der Waals surface area (Å²) in [5.74, 6) is 0.382. The molecular weight excluding hydrogens is 372 g/mol. The van der Waals surface area contributed by atoms with Gasteiger partial charge in [0.1, 0.15) is 5.75 Å². The molecule has 0 spiro atoms. The van der Waals surface area contributed by atoms with Gasteiger partial charge in [0.2, 0.25) is 5.95 Å². The molecule has 0 saturated carbocycles. The highest BCUT2D eigenvalue weighted by Crippen LogP contribution is 2.29. The highest BCUT2D eigenvalue weighted by atomic mass is 79.9. The minimum Gasteiger partial charge on any atom is -0.506 e. The SMILES string of the molecule is Cc1cc(Br)c(O)c(C(=O)N[C@H]2CCCN(c3ncccn3)C2)c1. The van der Waals surface area contributed by atoms with Gasteiger partial charge in [-0.05, 0) is 59.5 Å². The summed E-state index contributed by atoms with van der Waals surface area (Å²) in [6.07, 6.45) is 5.27. The van der Waals surface area contributed by atoms with Crippen LogP contribution in [-0.2, 0) is 0 Å². The molecular formula is C17H19BrN4O2. The second kappa shape index (κ2) is 7.17. The van der Waals surface area contributed by atoms with Crippen LogP contribution in [0.2, 0.25) is 0 Å². The van der Waals surface area contributed by atoms with Crippen molar-refractivity contribution in [3.63, 3.8) is 0 Å². The number of aromatic nitrogens is 2. The van der Waals surface area contributed by atoms with Crippen molar-refractivity contribution >= 4 is 27.8 Å². The number of nitrogens with zero attached hydrogens (tertiary/aromatic N) is 3. The van der Waals surface area contributed by atoms with E-state index in [1.54, 1.807) is 30.6 Å². The third kappa shape index (κ3) is 3.67. The fraction of sp³-hybridized carbons (Fsp3) is 0.353. The third-order valence-corrected chi connectivity index (χ3v) is 4.65. The van der Waals surface area contributed by atoms with Gasteiger partial charge >= 0.3 is 0 Å². The molecule has 1 saturated heterocycles. The van der Waals surface area contributed by atoms with Crippen molar-refractivity contribution in [3.05, 3.63) is 46.2 Å². The van der Waals surface area contributed by atoms with Crippen LogP contribution in [0, 0.1) is 6.92 Å². The average molecular weight is 391 g/mol. The van der Waals surface area contributed by atoms with E-state index in [1.807, 2.05) is 6.92 Å². The Morgan fingerprint density at radius 3 is 2.88 bits per heavy atom. The third-order valence-electron chi connectivity index (χ3n) is 4.04. The Bertz CT molecular complexity index is 739. The summed E-state index contributed by atoms with van der Waals surface area (Å²) in [6, 6.07) is 5.25. The summed E-state index contributed by atoms with van der Waals surface area (Å²) in [5.41, 5.74) is 1.20. The van der Waals surface area contributed by atoms with Gasteiger partial charge in [0.25, 0.3) is 5.91 Å². The minimum atomic E-state index is -0.266. The molecule has 1 aliphatic rings. The number of rotatable bonds is 3. The van der Waals surface area contributed by atoms with Gasteiger partial charge in [0.15, 0.2) is 0 Å². The first-order chi connectivity index (χ1) is 11.5. The van der Waals surface area contributed by atoms with Gasteiger partial charge in [-0.2, -0.15) is 0 Å². The first-order valence-electron chi connectivity index (χ1n) is 7.86. The second-order valence-electron chi connectivity index (χ2n) is 5.95. The van der Waals surface area contributed by atoms with Gasteiger partial charge in [-0.15, -0.1) is 0 Å². The molecule has 0 unspecified atom stereocenters. The number of aromatic hydroxyl groups is 1. The Hall–Kier alpha value is -2.15. The van der Waals surface area contributed by atoms with E-state index in [-0.39, 0.29) is 23.3 Å². The van der Waals surface area contributed by atoms with Crippen LogP contribution in [0.4, 0.5) is 5.95 Å². The lowest BCUT2D eigenvalue weighted by atomic mass is 10.0. The number of nitrogens with one attached hydrogen (secondary N) is 1. The number of hydrogen-bond donors (Lipinski definition) is 2. The maximum atomic E-state index is 12.5. The Kier molecular flexibility index (Phi) is 4.99. The van der Waals surface area contributed by atoms with Gasteiger partial charge in [-0.3, -0.25) is 4.79 Å². The lowest BCUT2D eigenvalue weighted by molar-refractivity contribution is 0.0930. The number of benzene rings is 1. The number of piperidine rings is 1. The number of amides is 1. The van der Waals surface area contributed by atoms with E-state index in [1.165, 1.54) is 0 Å². The van der Waals surface area contributed by atoms with Gasteiger partial charge in [0, 0.05) is 31.5 Å². The summed E-state index contributed by atoms with van der Waals surface area (Å²) in [6.45, 7) is 3.41. The van der Waals surface area contributed by atoms with Crippen molar-refractivity contribution in [2.45, 2.75) is 25.8 Å². The first-order valence-corrected chi connectivity index (χ1v) is 8.66. The normalized spacial score (nSPS) is 17.6. The standard InChI is InChI=1S/C17H19BrN4O2/c1-11-8-13(15(23)14(18)9-11)16(24)21-12-4-2-7-22(10-12)17-19-5-3-6-20-17/h3,5-6,8-9,12,23H,2,4,7,10H2,1H3,(H,21,24)/t12-/m0/s1. The van der Waals surface area contributed by atoms with Crippen LogP contribution in [0.25, 0.3) is 0 Å². The predicted octanol–water partition coefficient (Wildman–Crippen LogP) is 2.65. The monoisotopic (exact) mass is 390 g/mol. The first kappa shape index (κ1) is 16.7. The van der Waals surface area contributed by atoms with Crippen LogP contribution in [-0.4, -0.2) is 40.1 Å². The van der Waals surface area contributed by atoms with Crippen molar-refractivity contribution in [3.8, 4) is 5.75 Å². The van der Waals surface area contributed by atoms with Gasteiger partial charge in [0.05, 0.1) is 10.0 Å². The minimum absolute atomic E-state index is 0.00579. The quantitative estimate of drug-likeness (QED) is 0.841. The molecule has 2 aromatic rings. The number of carbonyl (C=O) groups is 1. The van der Waals surface area contributed by atoms with Crippen LogP contribution in [0.3, 0.4) is 0 Å². The van der Waals surface area contributed by atoms with Gasteiger partial charge in [-0.25, -0.2) is 9.97 Å².